The molecule has 1 heterocycles. The summed E-state index contributed by atoms with van der Waals surface area (Å²) in [7, 11) is 0. The van der Waals surface area contributed by atoms with Crippen LogP contribution in [0.1, 0.15) is 44.7 Å². The Bertz CT molecular complexity index is 592. The first-order chi connectivity index (χ1) is 10.5. The average Bonchev–Trinajstić information content (AvgIpc) is 2.96. The van der Waals surface area contributed by atoms with Crippen molar-refractivity contribution in [3.05, 3.63) is 65.7 Å². The van der Waals surface area contributed by atoms with Crippen molar-refractivity contribution in [3.63, 3.8) is 0 Å². The van der Waals surface area contributed by atoms with Gasteiger partial charge >= 0.3 is 0 Å². The maximum atomic E-state index is 2.58. The smallest absolute Gasteiger partial charge is 0.0368 e. The van der Waals surface area contributed by atoms with Gasteiger partial charge in [-0.1, -0.05) is 63.2 Å². The highest BCUT2D eigenvalue weighted by Crippen LogP contribution is 2.28. The second kappa shape index (κ2) is 6.16. The van der Waals surface area contributed by atoms with Gasteiger partial charge < -0.3 is 4.90 Å². The topological polar surface area (TPSA) is 3.24 Å². The summed E-state index contributed by atoms with van der Waals surface area (Å²) in [6, 6.07) is 20.7. The molecule has 0 aromatic heterocycles. The van der Waals surface area contributed by atoms with Crippen molar-refractivity contribution in [1.82, 2.24) is 0 Å². The van der Waals surface area contributed by atoms with Crippen LogP contribution >= 0.6 is 0 Å². The van der Waals surface area contributed by atoms with Gasteiger partial charge in [-0.2, -0.15) is 0 Å². The van der Waals surface area contributed by atoms with Gasteiger partial charge in [0.05, 0.1) is 0 Å². The second-order valence-electron chi connectivity index (χ2n) is 7.48. The van der Waals surface area contributed by atoms with Gasteiger partial charge in [-0.05, 0) is 47.9 Å². The molecular weight excluding hydrogens is 266 g/mol. The zero-order valence-corrected chi connectivity index (χ0v) is 14.0. The third-order valence-electron chi connectivity index (χ3n) is 4.76. The first-order valence-electron chi connectivity index (χ1n) is 8.45. The van der Waals surface area contributed by atoms with Gasteiger partial charge in [-0.25, -0.2) is 0 Å². The van der Waals surface area contributed by atoms with Crippen LogP contribution in [0.25, 0.3) is 0 Å². The number of hydrogen-bond donors (Lipinski definition) is 0. The largest absolute Gasteiger partial charge is 0.368 e. The first-order valence-corrected chi connectivity index (χ1v) is 8.45. The summed E-state index contributed by atoms with van der Waals surface area (Å²) in [6.45, 7) is 8.01. The summed E-state index contributed by atoms with van der Waals surface area (Å²) >= 11 is 0. The van der Waals surface area contributed by atoms with Crippen LogP contribution in [0.2, 0.25) is 0 Å². The minimum absolute atomic E-state index is 0.238. The molecule has 1 saturated heterocycles. The van der Waals surface area contributed by atoms with E-state index in [2.05, 4.69) is 80.3 Å². The summed E-state index contributed by atoms with van der Waals surface area (Å²) in [4.78, 5) is 2.58. The molecule has 0 bridgehead atoms. The predicted octanol–water partition coefficient (Wildman–Crippen LogP) is 5.20. The standard InChI is InChI=1S/C21H27N/c1-21(2,3)18-13-11-17(12-14-18)16-20-10-7-15-22(20)19-8-5-4-6-9-19/h4-6,8-9,11-14,20H,7,10,15-16H2,1-3H3/t20-/m1/s1. The van der Waals surface area contributed by atoms with E-state index < -0.39 is 0 Å². The number of benzene rings is 2. The minimum Gasteiger partial charge on any atom is -0.368 e. The summed E-state index contributed by atoms with van der Waals surface area (Å²) in [5.74, 6) is 0. The third-order valence-corrected chi connectivity index (χ3v) is 4.76. The molecule has 0 aliphatic carbocycles. The number of anilines is 1. The highest BCUT2D eigenvalue weighted by molar-refractivity contribution is 5.48. The van der Waals surface area contributed by atoms with E-state index in [0.29, 0.717) is 6.04 Å². The molecule has 2 aromatic rings. The van der Waals surface area contributed by atoms with Crippen molar-refractivity contribution in [3.8, 4) is 0 Å². The average molecular weight is 293 g/mol. The van der Waals surface area contributed by atoms with Crippen molar-refractivity contribution >= 4 is 5.69 Å². The Balaban J connectivity index is 1.72. The number of hydrogen-bond acceptors (Lipinski definition) is 1. The molecule has 0 radical (unpaired) electrons. The SMILES string of the molecule is CC(C)(C)c1ccc(C[C@H]2CCCN2c2ccccc2)cc1. The number of para-hydroxylation sites is 1. The Morgan fingerprint density at radius 1 is 0.955 bits per heavy atom. The highest BCUT2D eigenvalue weighted by Gasteiger charge is 2.24. The van der Waals surface area contributed by atoms with Crippen LogP contribution in [0.4, 0.5) is 5.69 Å². The van der Waals surface area contributed by atoms with Crippen molar-refractivity contribution in [2.24, 2.45) is 0 Å². The van der Waals surface area contributed by atoms with E-state index in [9.17, 15) is 0 Å². The molecular formula is C21H27N. The molecule has 2 aromatic carbocycles. The van der Waals surface area contributed by atoms with Gasteiger partial charge in [0.15, 0.2) is 0 Å². The Morgan fingerprint density at radius 2 is 1.64 bits per heavy atom. The lowest BCUT2D eigenvalue weighted by molar-refractivity contribution is 0.589. The fraction of sp³-hybridized carbons (Fsp3) is 0.429. The van der Waals surface area contributed by atoms with E-state index in [0.717, 1.165) is 6.42 Å². The molecule has 22 heavy (non-hydrogen) atoms. The number of nitrogens with zero attached hydrogens (tertiary/aromatic N) is 1. The Hall–Kier alpha value is -1.76. The van der Waals surface area contributed by atoms with Gasteiger partial charge in [-0.3, -0.25) is 0 Å². The molecule has 1 aliphatic rings. The van der Waals surface area contributed by atoms with E-state index in [-0.39, 0.29) is 5.41 Å². The van der Waals surface area contributed by atoms with E-state index in [1.807, 2.05) is 0 Å². The van der Waals surface area contributed by atoms with Gasteiger partial charge in [-0.15, -0.1) is 0 Å². The number of rotatable bonds is 3. The van der Waals surface area contributed by atoms with Crippen molar-refractivity contribution < 1.29 is 0 Å². The quantitative estimate of drug-likeness (QED) is 0.752. The van der Waals surface area contributed by atoms with E-state index in [1.54, 1.807) is 0 Å². The molecule has 0 saturated carbocycles. The van der Waals surface area contributed by atoms with E-state index in [4.69, 9.17) is 0 Å². The monoisotopic (exact) mass is 293 g/mol. The van der Waals surface area contributed by atoms with E-state index >= 15 is 0 Å². The van der Waals surface area contributed by atoms with E-state index in [1.165, 1.54) is 36.2 Å². The fourth-order valence-corrected chi connectivity index (χ4v) is 3.42. The van der Waals surface area contributed by atoms with Crippen LogP contribution in [0.15, 0.2) is 54.6 Å². The molecule has 1 aliphatic heterocycles. The zero-order chi connectivity index (χ0) is 15.6. The molecule has 3 rings (SSSR count). The van der Waals surface area contributed by atoms with Crippen molar-refractivity contribution in [1.29, 1.82) is 0 Å². The molecule has 1 heteroatoms. The van der Waals surface area contributed by atoms with Gasteiger partial charge in [0.25, 0.3) is 0 Å². The predicted molar refractivity (Wildman–Crippen MR) is 95.7 cm³/mol. The molecule has 1 fully saturated rings. The Morgan fingerprint density at radius 3 is 2.27 bits per heavy atom. The van der Waals surface area contributed by atoms with Crippen molar-refractivity contribution in [2.75, 3.05) is 11.4 Å². The maximum absolute atomic E-state index is 2.58. The molecule has 0 N–H and O–H groups in total. The lowest BCUT2D eigenvalue weighted by Gasteiger charge is -2.27. The normalized spacial score (nSPS) is 18.7. The third kappa shape index (κ3) is 3.35. The highest BCUT2D eigenvalue weighted by atomic mass is 15.2. The van der Waals surface area contributed by atoms with Gasteiger partial charge in [0.2, 0.25) is 0 Å². The Labute approximate surface area is 135 Å². The van der Waals surface area contributed by atoms with Crippen LogP contribution in [-0.4, -0.2) is 12.6 Å². The minimum atomic E-state index is 0.238. The summed E-state index contributed by atoms with van der Waals surface area (Å²) in [6.07, 6.45) is 3.76. The lowest BCUT2D eigenvalue weighted by atomic mass is 9.86. The molecule has 0 spiro atoms. The first kappa shape index (κ1) is 15.1. The van der Waals surface area contributed by atoms with Crippen LogP contribution in [0, 0.1) is 0 Å². The maximum Gasteiger partial charge on any atom is 0.0368 e. The van der Waals surface area contributed by atoms with Crippen molar-refractivity contribution in [2.45, 2.75) is 51.5 Å². The summed E-state index contributed by atoms with van der Waals surface area (Å²) in [5, 5.41) is 0. The molecule has 116 valence electrons. The van der Waals surface area contributed by atoms with Crippen LogP contribution in [-0.2, 0) is 11.8 Å². The van der Waals surface area contributed by atoms with Crippen LogP contribution in [0.3, 0.4) is 0 Å². The summed E-state index contributed by atoms with van der Waals surface area (Å²) in [5.41, 5.74) is 4.49. The Kier molecular flexibility index (Phi) is 4.24. The van der Waals surface area contributed by atoms with Gasteiger partial charge in [0.1, 0.15) is 0 Å². The zero-order valence-electron chi connectivity index (χ0n) is 14.0. The summed E-state index contributed by atoms with van der Waals surface area (Å²) < 4.78 is 0. The second-order valence-corrected chi connectivity index (χ2v) is 7.48. The molecule has 0 unspecified atom stereocenters. The molecule has 0 amide bonds. The molecule has 1 nitrogen and oxygen atoms in total. The van der Waals surface area contributed by atoms with Crippen LogP contribution in [0.5, 0.6) is 0 Å². The van der Waals surface area contributed by atoms with Crippen LogP contribution < -0.4 is 4.90 Å². The molecule has 1 atom stereocenters. The van der Waals surface area contributed by atoms with Gasteiger partial charge in [0, 0.05) is 18.3 Å². The lowest BCUT2D eigenvalue weighted by Crippen LogP contribution is -2.30. The fourth-order valence-electron chi connectivity index (χ4n) is 3.42.